The second-order valence-electron chi connectivity index (χ2n) is 6.82. The van der Waals surface area contributed by atoms with Crippen molar-refractivity contribution >= 4 is 6.03 Å². The largest absolute Gasteiger partial charge is 0.573 e. The summed E-state index contributed by atoms with van der Waals surface area (Å²) in [7, 11) is 0. The van der Waals surface area contributed by atoms with Gasteiger partial charge in [0, 0.05) is 24.7 Å². The molecule has 1 heterocycles. The fourth-order valence-corrected chi connectivity index (χ4v) is 2.93. The van der Waals surface area contributed by atoms with Gasteiger partial charge in [0.2, 0.25) is 0 Å². The maximum absolute atomic E-state index is 12.4. The SMILES string of the molecule is CC1(C)CCCNC1CNC(=O)NCc1ccccc1OC(F)(F)F. The molecule has 0 saturated carbocycles. The van der Waals surface area contributed by atoms with Crippen LogP contribution < -0.4 is 20.7 Å². The summed E-state index contributed by atoms with van der Waals surface area (Å²) in [5, 5.41) is 8.72. The molecule has 8 heteroatoms. The Bertz CT molecular complexity index is 591. The molecule has 0 aliphatic carbocycles. The lowest BCUT2D eigenvalue weighted by Crippen LogP contribution is -2.53. The number of halogens is 3. The smallest absolute Gasteiger partial charge is 0.405 e. The number of carbonyl (C=O) groups excluding carboxylic acids is 1. The maximum atomic E-state index is 12.4. The zero-order chi connectivity index (χ0) is 18.5. The third-order valence-electron chi connectivity index (χ3n) is 4.44. The molecule has 140 valence electrons. The van der Waals surface area contributed by atoms with Gasteiger partial charge < -0.3 is 20.7 Å². The van der Waals surface area contributed by atoms with E-state index >= 15 is 0 Å². The number of hydrogen-bond acceptors (Lipinski definition) is 3. The average Bonchev–Trinajstić information content (AvgIpc) is 2.51. The number of para-hydroxylation sites is 1. The monoisotopic (exact) mass is 359 g/mol. The third kappa shape index (κ3) is 6.12. The first-order valence-electron chi connectivity index (χ1n) is 8.26. The standard InChI is InChI=1S/C17H24F3N3O2/c1-16(2)8-5-9-21-14(16)11-23-15(24)22-10-12-6-3-4-7-13(12)25-17(18,19)20/h3-4,6-7,14,21H,5,8-11H2,1-2H3,(H2,22,23,24). The molecular formula is C17H24F3N3O2. The number of ether oxygens (including phenoxy) is 1. The topological polar surface area (TPSA) is 62.4 Å². The van der Waals surface area contributed by atoms with E-state index in [1.165, 1.54) is 18.2 Å². The fraction of sp³-hybridized carbons (Fsp3) is 0.588. The van der Waals surface area contributed by atoms with Crippen LogP contribution >= 0.6 is 0 Å². The minimum atomic E-state index is -4.77. The van der Waals surface area contributed by atoms with Gasteiger partial charge in [0.1, 0.15) is 5.75 Å². The number of carbonyl (C=O) groups is 1. The number of benzene rings is 1. The molecule has 0 radical (unpaired) electrons. The van der Waals surface area contributed by atoms with Gasteiger partial charge in [-0.25, -0.2) is 4.79 Å². The molecule has 2 amide bonds. The summed E-state index contributed by atoms with van der Waals surface area (Å²) in [6.45, 7) is 5.61. The molecule has 0 spiro atoms. The summed E-state index contributed by atoms with van der Waals surface area (Å²) in [6, 6.07) is 5.47. The van der Waals surface area contributed by atoms with E-state index in [0.717, 1.165) is 19.4 Å². The number of nitrogens with one attached hydrogen (secondary N) is 3. The van der Waals surface area contributed by atoms with E-state index < -0.39 is 12.4 Å². The van der Waals surface area contributed by atoms with Gasteiger partial charge in [-0.1, -0.05) is 32.0 Å². The van der Waals surface area contributed by atoms with Crippen LogP contribution in [0.25, 0.3) is 0 Å². The lowest BCUT2D eigenvalue weighted by atomic mass is 9.77. The van der Waals surface area contributed by atoms with Gasteiger partial charge in [-0.3, -0.25) is 0 Å². The molecule has 1 aromatic rings. The highest BCUT2D eigenvalue weighted by Gasteiger charge is 2.33. The van der Waals surface area contributed by atoms with E-state index in [-0.39, 0.29) is 29.3 Å². The van der Waals surface area contributed by atoms with Gasteiger partial charge >= 0.3 is 12.4 Å². The minimum Gasteiger partial charge on any atom is -0.405 e. The summed E-state index contributed by atoms with van der Waals surface area (Å²) < 4.78 is 41.1. The Morgan fingerprint density at radius 3 is 2.72 bits per heavy atom. The van der Waals surface area contributed by atoms with Crippen molar-refractivity contribution in [3.05, 3.63) is 29.8 Å². The molecule has 0 bridgehead atoms. The maximum Gasteiger partial charge on any atom is 0.573 e. The first-order chi connectivity index (χ1) is 11.7. The quantitative estimate of drug-likeness (QED) is 0.757. The number of piperidine rings is 1. The van der Waals surface area contributed by atoms with Crippen LogP contribution in [0.4, 0.5) is 18.0 Å². The van der Waals surface area contributed by atoms with E-state index in [0.29, 0.717) is 6.54 Å². The average molecular weight is 359 g/mol. The van der Waals surface area contributed by atoms with Crippen molar-refractivity contribution in [1.82, 2.24) is 16.0 Å². The molecule has 1 aliphatic rings. The Kier molecular flexibility index (Phi) is 6.16. The van der Waals surface area contributed by atoms with Gasteiger partial charge in [-0.05, 0) is 30.9 Å². The molecule has 1 atom stereocenters. The molecule has 5 nitrogen and oxygen atoms in total. The molecule has 0 aromatic heterocycles. The molecule has 1 aromatic carbocycles. The Morgan fingerprint density at radius 1 is 1.32 bits per heavy atom. The highest BCUT2D eigenvalue weighted by atomic mass is 19.4. The number of urea groups is 1. The third-order valence-corrected chi connectivity index (χ3v) is 4.44. The molecule has 2 rings (SSSR count). The van der Waals surface area contributed by atoms with Crippen LogP contribution in [0.5, 0.6) is 5.75 Å². The molecule has 1 saturated heterocycles. The van der Waals surface area contributed by atoms with E-state index in [1.807, 2.05) is 0 Å². The lowest BCUT2D eigenvalue weighted by molar-refractivity contribution is -0.274. The number of hydrogen-bond donors (Lipinski definition) is 3. The van der Waals surface area contributed by atoms with Crippen molar-refractivity contribution < 1.29 is 22.7 Å². The van der Waals surface area contributed by atoms with Crippen LogP contribution in [0, 0.1) is 5.41 Å². The van der Waals surface area contributed by atoms with Crippen LogP contribution in [-0.4, -0.2) is 31.5 Å². The van der Waals surface area contributed by atoms with E-state index in [4.69, 9.17) is 0 Å². The normalized spacial score (nSPS) is 20.0. The second kappa shape index (κ2) is 7.95. The summed E-state index contributed by atoms with van der Waals surface area (Å²) >= 11 is 0. The predicted molar refractivity (Wildman–Crippen MR) is 88.2 cm³/mol. The molecule has 1 unspecified atom stereocenters. The summed E-state index contributed by atoms with van der Waals surface area (Å²) in [5.74, 6) is -0.314. The summed E-state index contributed by atoms with van der Waals surface area (Å²) in [6.07, 6.45) is -2.58. The van der Waals surface area contributed by atoms with E-state index in [9.17, 15) is 18.0 Å². The minimum absolute atomic E-state index is 0.0560. The Morgan fingerprint density at radius 2 is 2.04 bits per heavy atom. The molecule has 25 heavy (non-hydrogen) atoms. The zero-order valence-corrected chi connectivity index (χ0v) is 14.4. The molecule has 1 fully saturated rings. The predicted octanol–water partition coefficient (Wildman–Crippen LogP) is 3.16. The van der Waals surface area contributed by atoms with Gasteiger partial charge in [0.05, 0.1) is 0 Å². The highest BCUT2D eigenvalue weighted by Crippen LogP contribution is 2.29. The first-order valence-corrected chi connectivity index (χ1v) is 8.26. The highest BCUT2D eigenvalue weighted by molar-refractivity contribution is 5.74. The fourth-order valence-electron chi connectivity index (χ4n) is 2.93. The van der Waals surface area contributed by atoms with Crippen LogP contribution in [-0.2, 0) is 6.54 Å². The van der Waals surface area contributed by atoms with Crippen molar-refractivity contribution in [1.29, 1.82) is 0 Å². The number of alkyl halides is 3. The van der Waals surface area contributed by atoms with Crippen LogP contribution in [0.3, 0.4) is 0 Å². The first kappa shape index (κ1) is 19.4. The van der Waals surface area contributed by atoms with Crippen LogP contribution in [0.15, 0.2) is 24.3 Å². The van der Waals surface area contributed by atoms with Crippen molar-refractivity contribution in [2.24, 2.45) is 5.41 Å². The van der Waals surface area contributed by atoms with Crippen molar-refractivity contribution in [3.8, 4) is 5.75 Å². The Balaban J connectivity index is 1.84. The Labute approximate surface area is 145 Å². The molecule has 3 N–H and O–H groups in total. The van der Waals surface area contributed by atoms with E-state index in [2.05, 4.69) is 34.5 Å². The number of rotatable bonds is 5. The molecule has 1 aliphatic heterocycles. The van der Waals surface area contributed by atoms with E-state index in [1.54, 1.807) is 6.07 Å². The molecular weight excluding hydrogens is 335 g/mol. The lowest BCUT2D eigenvalue weighted by Gasteiger charge is -2.39. The van der Waals surface area contributed by atoms with Crippen molar-refractivity contribution in [3.63, 3.8) is 0 Å². The second-order valence-corrected chi connectivity index (χ2v) is 6.82. The van der Waals surface area contributed by atoms with Crippen LogP contribution in [0.2, 0.25) is 0 Å². The van der Waals surface area contributed by atoms with Gasteiger partial charge in [0.25, 0.3) is 0 Å². The van der Waals surface area contributed by atoms with Gasteiger partial charge in [0.15, 0.2) is 0 Å². The summed E-state index contributed by atoms with van der Waals surface area (Å²) in [5.41, 5.74) is 0.338. The van der Waals surface area contributed by atoms with Gasteiger partial charge in [-0.15, -0.1) is 13.2 Å². The van der Waals surface area contributed by atoms with Crippen molar-refractivity contribution in [2.75, 3.05) is 13.1 Å². The van der Waals surface area contributed by atoms with Gasteiger partial charge in [-0.2, -0.15) is 0 Å². The van der Waals surface area contributed by atoms with Crippen molar-refractivity contribution in [2.45, 2.75) is 45.6 Å². The summed E-state index contributed by atoms with van der Waals surface area (Å²) in [4.78, 5) is 12.0. The number of amides is 2. The Hall–Kier alpha value is -1.96. The zero-order valence-electron chi connectivity index (χ0n) is 14.4. The van der Waals surface area contributed by atoms with Crippen LogP contribution in [0.1, 0.15) is 32.3 Å².